The van der Waals surface area contributed by atoms with Gasteiger partial charge in [0.05, 0.1) is 11.3 Å². The van der Waals surface area contributed by atoms with Gasteiger partial charge in [0.25, 0.3) is 0 Å². The molecule has 0 atom stereocenters. The number of hydrogen-bond acceptors (Lipinski definition) is 2. The maximum atomic E-state index is 10.6. The van der Waals surface area contributed by atoms with Crippen LogP contribution in [0.2, 0.25) is 5.02 Å². The molecular weight excluding hydrogens is 308 g/mol. The smallest absolute Gasteiger partial charge is 0.135 e. The van der Waals surface area contributed by atoms with Crippen molar-refractivity contribution in [2.24, 2.45) is 10.7 Å². The average Bonchev–Trinajstić information content (AvgIpc) is 2.56. The fraction of sp³-hybridized carbons (Fsp3) is 0.105. The molecule has 3 aromatic rings. The van der Waals surface area contributed by atoms with E-state index in [1.54, 1.807) is 24.3 Å². The zero-order chi connectivity index (χ0) is 16.4. The van der Waals surface area contributed by atoms with Crippen LogP contribution < -0.4 is 5.73 Å². The number of rotatable bonds is 3. The zero-order valence-corrected chi connectivity index (χ0v) is 13.5. The van der Waals surface area contributed by atoms with E-state index in [1.165, 1.54) is 0 Å². The van der Waals surface area contributed by atoms with E-state index in [4.69, 9.17) is 17.3 Å². The molecule has 3 nitrogen and oxygen atoms in total. The summed E-state index contributed by atoms with van der Waals surface area (Å²) < 4.78 is 0. The number of phenols is 1. The lowest BCUT2D eigenvalue weighted by Gasteiger charge is -2.12. The van der Waals surface area contributed by atoms with Crippen molar-refractivity contribution in [1.82, 2.24) is 0 Å². The Hall–Kier alpha value is -2.52. The lowest BCUT2D eigenvalue weighted by molar-refractivity contribution is 0.469. The third-order valence-electron chi connectivity index (χ3n) is 3.83. The van der Waals surface area contributed by atoms with Gasteiger partial charge in [-0.1, -0.05) is 42.8 Å². The molecule has 4 heteroatoms. The van der Waals surface area contributed by atoms with E-state index in [0.29, 0.717) is 22.7 Å². The summed E-state index contributed by atoms with van der Waals surface area (Å²) in [5, 5.41) is 13.3. The molecule has 0 saturated heterocycles. The highest BCUT2D eigenvalue weighted by Crippen LogP contribution is 2.32. The molecule has 0 fully saturated rings. The molecule has 3 rings (SSSR count). The van der Waals surface area contributed by atoms with Crippen molar-refractivity contribution in [3.05, 3.63) is 70.7 Å². The molecule has 0 radical (unpaired) electrons. The quantitative estimate of drug-likeness (QED) is 0.537. The molecule has 0 aliphatic rings. The van der Waals surface area contributed by atoms with Crippen molar-refractivity contribution in [2.45, 2.75) is 13.3 Å². The van der Waals surface area contributed by atoms with Crippen LogP contribution in [-0.4, -0.2) is 10.9 Å². The number of halogens is 1. The molecule has 0 amide bonds. The molecule has 23 heavy (non-hydrogen) atoms. The predicted molar refractivity (Wildman–Crippen MR) is 96.8 cm³/mol. The average molecular weight is 325 g/mol. The van der Waals surface area contributed by atoms with Crippen LogP contribution in [0.15, 0.2) is 59.6 Å². The van der Waals surface area contributed by atoms with Gasteiger partial charge in [-0.3, -0.25) is 0 Å². The first kappa shape index (κ1) is 15.4. The number of hydrogen-bond donors (Lipinski definition) is 2. The van der Waals surface area contributed by atoms with Crippen molar-refractivity contribution in [1.29, 1.82) is 0 Å². The van der Waals surface area contributed by atoms with E-state index < -0.39 is 0 Å². The summed E-state index contributed by atoms with van der Waals surface area (Å²) in [7, 11) is 0. The van der Waals surface area contributed by atoms with Crippen LogP contribution in [-0.2, 0) is 6.42 Å². The Kier molecular flexibility index (Phi) is 4.22. The molecule has 0 heterocycles. The van der Waals surface area contributed by atoms with Gasteiger partial charge in [0.2, 0.25) is 0 Å². The van der Waals surface area contributed by atoms with E-state index in [0.717, 1.165) is 16.3 Å². The van der Waals surface area contributed by atoms with Gasteiger partial charge in [-0.2, -0.15) is 0 Å². The van der Waals surface area contributed by atoms with Crippen molar-refractivity contribution in [3.8, 4) is 5.75 Å². The molecule has 0 aliphatic carbocycles. The second kappa shape index (κ2) is 6.31. The number of benzene rings is 3. The van der Waals surface area contributed by atoms with Crippen molar-refractivity contribution in [3.63, 3.8) is 0 Å². The largest absolute Gasteiger partial charge is 0.507 e. The number of aliphatic imine (C=N–C) groups is 1. The standard InChI is InChI=1S/C19H17ClN2O/c1-2-15-16-6-4-3-5-12(16)11-17(18(15)23)19(21)22-14-9-7-13(20)8-10-14/h3-11,23H,2H2,1H3,(H2,21,22). The number of fused-ring (bicyclic) bond motifs is 1. The molecular formula is C19H17ClN2O. The minimum atomic E-state index is 0.196. The predicted octanol–water partition coefficient (Wildman–Crippen LogP) is 4.80. The third kappa shape index (κ3) is 3.01. The van der Waals surface area contributed by atoms with Gasteiger partial charge in [-0.25, -0.2) is 4.99 Å². The van der Waals surface area contributed by atoms with Gasteiger partial charge in [0.1, 0.15) is 11.6 Å². The Morgan fingerprint density at radius 2 is 1.83 bits per heavy atom. The summed E-state index contributed by atoms with van der Waals surface area (Å²) in [5.74, 6) is 0.478. The SMILES string of the molecule is CCc1c(O)c(C(N)=Nc2ccc(Cl)cc2)cc2ccccc12. The first-order valence-corrected chi connectivity index (χ1v) is 7.81. The van der Waals surface area contributed by atoms with Crippen LogP contribution >= 0.6 is 11.6 Å². The summed E-state index contributed by atoms with van der Waals surface area (Å²) in [6.45, 7) is 2.01. The zero-order valence-electron chi connectivity index (χ0n) is 12.8. The number of amidine groups is 1. The van der Waals surface area contributed by atoms with E-state index >= 15 is 0 Å². The lowest BCUT2D eigenvalue weighted by Crippen LogP contribution is -2.13. The normalized spacial score (nSPS) is 11.8. The number of nitrogens with zero attached hydrogens (tertiary/aromatic N) is 1. The molecule has 0 unspecified atom stereocenters. The summed E-state index contributed by atoms with van der Waals surface area (Å²) in [4.78, 5) is 4.39. The van der Waals surface area contributed by atoms with E-state index in [2.05, 4.69) is 4.99 Å². The highest BCUT2D eigenvalue weighted by Gasteiger charge is 2.14. The van der Waals surface area contributed by atoms with Gasteiger partial charge in [-0.05, 0) is 47.5 Å². The highest BCUT2D eigenvalue weighted by atomic mass is 35.5. The molecule has 0 saturated carbocycles. The van der Waals surface area contributed by atoms with E-state index in [9.17, 15) is 5.11 Å². The van der Waals surface area contributed by atoms with Crippen LogP contribution in [0.1, 0.15) is 18.1 Å². The van der Waals surface area contributed by atoms with Crippen LogP contribution in [0, 0.1) is 0 Å². The van der Waals surface area contributed by atoms with Gasteiger partial charge >= 0.3 is 0 Å². The molecule has 3 aromatic carbocycles. The monoisotopic (exact) mass is 324 g/mol. The summed E-state index contributed by atoms with van der Waals surface area (Å²) in [6.07, 6.45) is 0.717. The maximum Gasteiger partial charge on any atom is 0.135 e. The molecule has 0 spiro atoms. The molecule has 0 aromatic heterocycles. The number of aryl methyl sites for hydroxylation is 1. The van der Waals surface area contributed by atoms with Gasteiger partial charge in [0, 0.05) is 10.6 Å². The van der Waals surface area contributed by atoms with Crippen LogP contribution in [0.25, 0.3) is 10.8 Å². The van der Waals surface area contributed by atoms with Crippen LogP contribution in [0.5, 0.6) is 5.75 Å². The fourth-order valence-electron chi connectivity index (χ4n) is 2.68. The second-order valence-corrected chi connectivity index (χ2v) is 5.74. The van der Waals surface area contributed by atoms with Crippen molar-refractivity contribution in [2.75, 3.05) is 0 Å². The van der Waals surface area contributed by atoms with Gasteiger partial charge < -0.3 is 10.8 Å². The van der Waals surface area contributed by atoms with Crippen LogP contribution in [0.3, 0.4) is 0 Å². The number of phenolic OH excluding ortho intramolecular Hbond substituents is 1. The maximum absolute atomic E-state index is 10.6. The summed E-state index contributed by atoms with van der Waals surface area (Å²) >= 11 is 5.88. The van der Waals surface area contributed by atoms with E-state index in [1.807, 2.05) is 37.3 Å². The third-order valence-corrected chi connectivity index (χ3v) is 4.08. The van der Waals surface area contributed by atoms with E-state index in [-0.39, 0.29) is 11.6 Å². The molecule has 0 bridgehead atoms. The summed E-state index contributed by atoms with van der Waals surface area (Å²) in [6, 6.07) is 16.9. The lowest BCUT2D eigenvalue weighted by atomic mass is 9.97. The Labute approximate surface area is 140 Å². The Bertz CT molecular complexity index is 886. The van der Waals surface area contributed by atoms with Gasteiger partial charge in [0.15, 0.2) is 0 Å². The Balaban J connectivity index is 2.15. The minimum Gasteiger partial charge on any atom is -0.507 e. The van der Waals surface area contributed by atoms with Crippen LogP contribution in [0.4, 0.5) is 5.69 Å². The fourth-order valence-corrected chi connectivity index (χ4v) is 2.81. The first-order valence-electron chi connectivity index (χ1n) is 7.44. The van der Waals surface area contributed by atoms with Gasteiger partial charge in [-0.15, -0.1) is 0 Å². The molecule has 0 aliphatic heterocycles. The Morgan fingerprint density at radius 3 is 2.52 bits per heavy atom. The molecule has 116 valence electrons. The Morgan fingerprint density at radius 1 is 1.13 bits per heavy atom. The first-order chi connectivity index (χ1) is 11.1. The second-order valence-electron chi connectivity index (χ2n) is 5.30. The minimum absolute atomic E-state index is 0.196. The molecule has 3 N–H and O–H groups in total. The highest BCUT2D eigenvalue weighted by molar-refractivity contribution is 6.30. The van der Waals surface area contributed by atoms with Crippen molar-refractivity contribution < 1.29 is 5.11 Å². The number of aromatic hydroxyl groups is 1. The topological polar surface area (TPSA) is 58.6 Å². The van der Waals surface area contributed by atoms with Crippen molar-refractivity contribution >= 4 is 33.9 Å². The number of nitrogens with two attached hydrogens (primary N) is 1. The summed E-state index contributed by atoms with van der Waals surface area (Å²) in [5.41, 5.74) is 8.26.